The number of halogens is 2. The largest absolute Gasteiger partial charge is 0.324 e. The van der Waals surface area contributed by atoms with Crippen molar-refractivity contribution in [3.63, 3.8) is 0 Å². The van der Waals surface area contributed by atoms with E-state index in [4.69, 9.17) is 23.2 Å². The highest BCUT2D eigenvalue weighted by Gasteiger charge is 2.14. The van der Waals surface area contributed by atoms with Crippen molar-refractivity contribution in [3.05, 3.63) is 74.3 Å². The molecule has 0 spiro atoms. The minimum absolute atomic E-state index is 0.0637. The standard InChI is InChI=1S/C20H13Cl2N3O2S2/c21-12-6-7-14(22)15(8-12)23-16(26)10-29-20-24-18(27)17-13(9-28-19(17)25-20)11-4-2-1-3-5-11/h1-9H,10H2,(H,23,26)(H,24,25,27). The van der Waals surface area contributed by atoms with Crippen LogP contribution in [0.1, 0.15) is 0 Å². The number of nitrogens with zero attached hydrogens (tertiary/aromatic N) is 1. The molecule has 2 aromatic heterocycles. The second-order valence-corrected chi connectivity index (χ2v) is 8.69. The van der Waals surface area contributed by atoms with E-state index in [1.165, 1.54) is 11.3 Å². The van der Waals surface area contributed by atoms with Crippen LogP contribution in [0.2, 0.25) is 10.0 Å². The van der Waals surface area contributed by atoms with E-state index in [0.717, 1.165) is 22.9 Å². The molecular weight excluding hydrogens is 449 g/mol. The van der Waals surface area contributed by atoms with Crippen molar-refractivity contribution in [2.45, 2.75) is 5.16 Å². The zero-order valence-corrected chi connectivity index (χ0v) is 17.9. The molecule has 4 aromatic rings. The third kappa shape index (κ3) is 4.48. The quantitative estimate of drug-likeness (QED) is 0.295. The lowest BCUT2D eigenvalue weighted by Gasteiger charge is -2.07. The Labute approximate surface area is 184 Å². The van der Waals surface area contributed by atoms with Crippen LogP contribution >= 0.6 is 46.3 Å². The molecule has 0 aliphatic rings. The molecule has 0 radical (unpaired) electrons. The van der Waals surface area contributed by atoms with Crippen LogP contribution in [0.3, 0.4) is 0 Å². The molecule has 1 amide bonds. The molecule has 5 nitrogen and oxygen atoms in total. The third-order valence-electron chi connectivity index (χ3n) is 4.05. The van der Waals surface area contributed by atoms with Gasteiger partial charge in [0.25, 0.3) is 5.56 Å². The Morgan fingerprint density at radius 3 is 2.76 bits per heavy atom. The summed E-state index contributed by atoms with van der Waals surface area (Å²) >= 11 is 14.5. The zero-order chi connectivity index (χ0) is 20.4. The van der Waals surface area contributed by atoms with Gasteiger partial charge in [-0.15, -0.1) is 11.3 Å². The van der Waals surface area contributed by atoms with Gasteiger partial charge in [0.1, 0.15) is 4.83 Å². The summed E-state index contributed by atoms with van der Waals surface area (Å²) in [5, 5.41) is 6.44. The van der Waals surface area contributed by atoms with Gasteiger partial charge >= 0.3 is 0 Å². The van der Waals surface area contributed by atoms with Crippen LogP contribution in [0.4, 0.5) is 5.69 Å². The van der Waals surface area contributed by atoms with E-state index in [0.29, 0.717) is 31.1 Å². The molecule has 0 aliphatic carbocycles. The minimum Gasteiger partial charge on any atom is -0.324 e. The monoisotopic (exact) mass is 461 g/mol. The van der Waals surface area contributed by atoms with Crippen molar-refractivity contribution in [3.8, 4) is 11.1 Å². The summed E-state index contributed by atoms with van der Waals surface area (Å²) in [7, 11) is 0. The molecule has 0 atom stereocenters. The first kappa shape index (κ1) is 20.0. The highest BCUT2D eigenvalue weighted by molar-refractivity contribution is 7.99. The molecule has 2 heterocycles. The van der Waals surface area contributed by atoms with Crippen LogP contribution in [0.25, 0.3) is 21.3 Å². The number of rotatable bonds is 5. The lowest BCUT2D eigenvalue weighted by molar-refractivity contribution is -0.113. The lowest BCUT2D eigenvalue weighted by Crippen LogP contribution is -2.15. The molecule has 0 fully saturated rings. The normalized spacial score (nSPS) is 11.0. The Balaban J connectivity index is 1.51. The summed E-state index contributed by atoms with van der Waals surface area (Å²) < 4.78 is 0. The van der Waals surface area contributed by atoms with Crippen molar-refractivity contribution in [2.75, 3.05) is 11.1 Å². The highest BCUT2D eigenvalue weighted by Crippen LogP contribution is 2.31. The maximum absolute atomic E-state index is 12.6. The molecule has 2 aromatic carbocycles. The van der Waals surface area contributed by atoms with Gasteiger partial charge in [-0.3, -0.25) is 9.59 Å². The van der Waals surface area contributed by atoms with E-state index in [2.05, 4.69) is 15.3 Å². The van der Waals surface area contributed by atoms with Gasteiger partial charge in [-0.25, -0.2) is 4.98 Å². The number of thiophene rings is 1. The van der Waals surface area contributed by atoms with Crippen LogP contribution in [-0.2, 0) is 4.79 Å². The van der Waals surface area contributed by atoms with E-state index < -0.39 is 0 Å². The van der Waals surface area contributed by atoms with Crippen LogP contribution in [0.5, 0.6) is 0 Å². The van der Waals surface area contributed by atoms with Gasteiger partial charge in [-0.1, -0.05) is 65.3 Å². The molecule has 29 heavy (non-hydrogen) atoms. The third-order valence-corrected chi connectivity index (χ3v) is 6.36. The number of thioether (sulfide) groups is 1. The Morgan fingerprint density at radius 2 is 1.97 bits per heavy atom. The van der Waals surface area contributed by atoms with Crippen molar-refractivity contribution in [2.24, 2.45) is 0 Å². The minimum atomic E-state index is -0.280. The number of carbonyl (C=O) groups excluding carboxylic acids is 1. The SMILES string of the molecule is O=C(CSc1nc2scc(-c3ccccc3)c2c(=O)[nH]1)Nc1cc(Cl)ccc1Cl. The van der Waals surface area contributed by atoms with Gasteiger partial charge in [0, 0.05) is 16.0 Å². The summed E-state index contributed by atoms with van der Waals surface area (Å²) in [5.41, 5.74) is 2.02. The van der Waals surface area contributed by atoms with Crippen LogP contribution in [0, 0.1) is 0 Å². The summed E-state index contributed by atoms with van der Waals surface area (Å²) in [6.45, 7) is 0. The van der Waals surface area contributed by atoms with Crippen molar-refractivity contribution < 1.29 is 4.79 Å². The summed E-state index contributed by atoms with van der Waals surface area (Å²) in [6.07, 6.45) is 0. The molecular formula is C20H13Cl2N3O2S2. The van der Waals surface area contributed by atoms with Crippen molar-refractivity contribution in [1.29, 1.82) is 0 Å². The van der Waals surface area contributed by atoms with Gasteiger partial charge in [0.05, 0.1) is 21.8 Å². The topological polar surface area (TPSA) is 74.8 Å². The van der Waals surface area contributed by atoms with Gasteiger partial charge in [0.15, 0.2) is 5.16 Å². The second kappa shape index (κ2) is 8.59. The number of amides is 1. The number of hydrogen-bond donors (Lipinski definition) is 2. The number of anilines is 1. The number of benzene rings is 2. The molecule has 0 aliphatic heterocycles. The highest BCUT2D eigenvalue weighted by atomic mass is 35.5. The van der Waals surface area contributed by atoms with Gasteiger partial charge in [-0.2, -0.15) is 0 Å². The second-order valence-electron chi connectivity index (χ2n) is 6.03. The average molecular weight is 462 g/mol. The first-order valence-electron chi connectivity index (χ1n) is 8.46. The molecule has 146 valence electrons. The number of aromatic nitrogens is 2. The van der Waals surface area contributed by atoms with E-state index in [1.807, 2.05) is 35.7 Å². The van der Waals surface area contributed by atoms with Gasteiger partial charge < -0.3 is 10.3 Å². The number of fused-ring (bicyclic) bond motifs is 1. The first-order valence-corrected chi connectivity index (χ1v) is 11.1. The Bertz CT molecular complexity index is 1260. The van der Waals surface area contributed by atoms with Crippen molar-refractivity contribution in [1.82, 2.24) is 9.97 Å². The summed E-state index contributed by atoms with van der Waals surface area (Å²) in [4.78, 5) is 32.8. The maximum Gasteiger partial charge on any atom is 0.260 e. The maximum atomic E-state index is 12.6. The van der Waals surface area contributed by atoms with Crippen LogP contribution in [0.15, 0.2) is 63.9 Å². The molecule has 9 heteroatoms. The zero-order valence-electron chi connectivity index (χ0n) is 14.7. The summed E-state index contributed by atoms with van der Waals surface area (Å²) in [5.74, 6) is -0.216. The Kier molecular flexibility index (Phi) is 5.91. The molecule has 4 rings (SSSR count). The van der Waals surface area contributed by atoms with E-state index in [1.54, 1.807) is 18.2 Å². The Morgan fingerprint density at radius 1 is 1.17 bits per heavy atom. The fraction of sp³-hybridized carbons (Fsp3) is 0.0500. The van der Waals surface area contributed by atoms with Crippen LogP contribution in [-0.4, -0.2) is 21.6 Å². The summed E-state index contributed by atoms with van der Waals surface area (Å²) in [6, 6.07) is 14.5. The predicted octanol–water partition coefficient (Wildman–Crippen LogP) is 5.69. The predicted molar refractivity (Wildman–Crippen MR) is 121 cm³/mol. The van der Waals surface area contributed by atoms with E-state index >= 15 is 0 Å². The fourth-order valence-corrected chi connectivity index (χ4v) is 4.74. The first-order chi connectivity index (χ1) is 14.0. The Hall–Kier alpha value is -2.32. The number of hydrogen-bond acceptors (Lipinski definition) is 5. The molecule has 0 unspecified atom stereocenters. The molecule has 2 N–H and O–H groups in total. The molecule has 0 bridgehead atoms. The smallest absolute Gasteiger partial charge is 0.260 e. The van der Waals surface area contributed by atoms with E-state index in [9.17, 15) is 9.59 Å². The van der Waals surface area contributed by atoms with Gasteiger partial charge in [0.2, 0.25) is 5.91 Å². The lowest BCUT2D eigenvalue weighted by atomic mass is 10.1. The molecule has 0 saturated carbocycles. The van der Waals surface area contributed by atoms with Crippen molar-refractivity contribution >= 4 is 68.1 Å². The number of H-pyrrole nitrogens is 1. The van der Waals surface area contributed by atoms with Gasteiger partial charge in [-0.05, 0) is 23.8 Å². The number of carbonyl (C=O) groups is 1. The van der Waals surface area contributed by atoms with Crippen LogP contribution < -0.4 is 10.9 Å². The van der Waals surface area contributed by atoms with E-state index in [-0.39, 0.29) is 17.2 Å². The number of aromatic amines is 1. The number of nitrogens with one attached hydrogen (secondary N) is 2. The average Bonchev–Trinajstić information content (AvgIpc) is 3.14. The fourth-order valence-electron chi connectivity index (χ4n) is 2.74. The molecule has 0 saturated heterocycles.